The molecule has 0 bridgehead atoms. The van der Waals surface area contributed by atoms with Gasteiger partial charge < -0.3 is 15.4 Å². The zero-order valence-electron chi connectivity index (χ0n) is 24.7. The maximum atomic E-state index is 14.2. The molecule has 2 aliphatic heterocycles. The molecule has 1 fully saturated rings. The molecular formula is C30H41ClN4O4S2. The smallest absolute Gasteiger partial charge is 0.241 e. The molecule has 0 spiro atoms. The molecule has 1 atom stereocenters. The Balaban J connectivity index is 0.00000387. The number of piperidine rings is 1. The number of pyridine rings is 1. The molecule has 8 nitrogen and oxygen atoms in total. The first-order valence-electron chi connectivity index (χ1n) is 14.0. The number of likely N-dealkylation sites (tertiary alicyclic amines) is 1. The molecule has 0 saturated carbocycles. The van der Waals surface area contributed by atoms with Gasteiger partial charge in [0, 0.05) is 40.7 Å². The monoisotopic (exact) mass is 620 g/mol. The summed E-state index contributed by atoms with van der Waals surface area (Å²) in [4.78, 5) is 21.0. The first-order chi connectivity index (χ1) is 18.8. The maximum absolute atomic E-state index is 14.2. The number of anilines is 1. The number of benzene rings is 1. The van der Waals surface area contributed by atoms with Gasteiger partial charge in [-0.05, 0) is 101 Å². The quantitative estimate of drug-likeness (QED) is 0.377. The van der Waals surface area contributed by atoms with E-state index in [9.17, 15) is 13.2 Å². The number of nitrogen functional groups attached to an aromatic ring is 1. The molecular weight excluding hydrogens is 580 g/mol. The van der Waals surface area contributed by atoms with Gasteiger partial charge in [-0.25, -0.2) is 13.4 Å². The topological polar surface area (TPSA) is 115 Å². The molecule has 3 aromatic rings. The highest BCUT2D eigenvalue weighted by Crippen LogP contribution is 2.42. The number of ether oxygens (including phenoxy) is 1. The Hall–Kier alpha value is -2.40. The molecule has 41 heavy (non-hydrogen) atoms. The van der Waals surface area contributed by atoms with Gasteiger partial charge in [0.2, 0.25) is 15.9 Å². The lowest BCUT2D eigenvalue weighted by molar-refractivity contribution is -0.134. The van der Waals surface area contributed by atoms with Crippen LogP contribution in [0.25, 0.3) is 10.1 Å². The van der Waals surface area contributed by atoms with Crippen molar-refractivity contribution in [2.75, 3.05) is 18.8 Å². The number of hydrogen-bond acceptors (Lipinski definition) is 7. The number of thiophene rings is 1. The van der Waals surface area contributed by atoms with Gasteiger partial charge >= 0.3 is 0 Å². The van der Waals surface area contributed by atoms with Crippen molar-refractivity contribution in [1.82, 2.24) is 14.6 Å². The highest BCUT2D eigenvalue weighted by Gasteiger charge is 2.36. The molecule has 0 aliphatic carbocycles. The number of aromatic nitrogens is 1. The Morgan fingerprint density at radius 2 is 1.90 bits per heavy atom. The normalized spacial score (nSPS) is 18.0. The molecule has 4 heterocycles. The third kappa shape index (κ3) is 6.21. The molecule has 11 heteroatoms. The number of halogens is 1. The Labute approximate surface area is 253 Å². The predicted octanol–water partition coefficient (Wildman–Crippen LogP) is 5.48. The first kappa shape index (κ1) is 31.5. The van der Waals surface area contributed by atoms with E-state index in [4.69, 9.17) is 10.5 Å². The van der Waals surface area contributed by atoms with Crippen molar-refractivity contribution < 1.29 is 17.9 Å². The summed E-state index contributed by atoms with van der Waals surface area (Å²) in [6.07, 6.45) is 5.26. The van der Waals surface area contributed by atoms with E-state index in [1.165, 1.54) is 11.3 Å². The first-order valence-corrected chi connectivity index (χ1v) is 16.3. The van der Waals surface area contributed by atoms with Crippen LogP contribution in [0, 0.1) is 26.7 Å². The summed E-state index contributed by atoms with van der Waals surface area (Å²) in [5, 5.41) is 0.822. The van der Waals surface area contributed by atoms with E-state index in [0.717, 1.165) is 57.5 Å². The van der Waals surface area contributed by atoms with Crippen molar-refractivity contribution in [2.45, 2.75) is 90.2 Å². The van der Waals surface area contributed by atoms with Gasteiger partial charge in [-0.3, -0.25) is 4.79 Å². The lowest BCUT2D eigenvalue weighted by Crippen LogP contribution is -2.51. The van der Waals surface area contributed by atoms with Crippen LogP contribution in [-0.4, -0.2) is 48.9 Å². The maximum Gasteiger partial charge on any atom is 0.241 e. The van der Waals surface area contributed by atoms with Gasteiger partial charge in [0.15, 0.2) is 0 Å². The van der Waals surface area contributed by atoms with Crippen LogP contribution in [0.15, 0.2) is 23.2 Å². The number of sulfonamides is 1. The van der Waals surface area contributed by atoms with Crippen molar-refractivity contribution in [2.24, 2.45) is 5.92 Å². The standard InChI is InChI=1S/C30H40N4O4S2.ClH/c1-17-9-13-34(14-10-17)29(35)24(16-21-15-23-25(39-21)8-12-32-28(23)31)33-40(36,37)27-19(3)18(2)26-22(20(27)4)7-11-30(5,6)38-26;/h8,12,15,17,24,33H,7,9-11,13-14,16H2,1-6H3,(H2,31,32);1H. The summed E-state index contributed by atoms with van der Waals surface area (Å²) in [5.74, 6) is 1.58. The molecule has 5 rings (SSSR count). The largest absolute Gasteiger partial charge is 0.487 e. The molecule has 1 unspecified atom stereocenters. The summed E-state index contributed by atoms with van der Waals surface area (Å²) in [6, 6.07) is 2.87. The highest BCUT2D eigenvalue weighted by atomic mass is 35.5. The molecule has 3 N–H and O–H groups in total. The fourth-order valence-corrected chi connectivity index (χ4v) is 8.84. The average molecular weight is 621 g/mol. The van der Waals surface area contributed by atoms with Crippen molar-refractivity contribution in [3.8, 4) is 5.75 Å². The van der Waals surface area contributed by atoms with Crippen LogP contribution < -0.4 is 15.2 Å². The zero-order chi connectivity index (χ0) is 29.0. The third-order valence-corrected chi connectivity index (χ3v) is 11.4. The van der Waals surface area contributed by atoms with E-state index >= 15 is 0 Å². The summed E-state index contributed by atoms with van der Waals surface area (Å²) < 4.78 is 38.4. The van der Waals surface area contributed by atoms with Gasteiger partial charge in [0.25, 0.3) is 0 Å². The van der Waals surface area contributed by atoms with Crippen LogP contribution in [0.2, 0.25) is 0 Å². The number of rotatable bonds is 6. The van der Waals surface area contributed by atoms with E-state index < -0.39 is 16.1 Å². The van der Waals surface area contributed by atoms with Crippen LogP contribution in [-0.2, 0) is 27.7 Å². The second kappa shape index (κ2) is 11.7. The second-order valence-corrected chi connectivity index (χ2v) is 14.9. The number of carbonyl (C=O) groups is 1. The molecule has 0 radical (unpaired) electrons. The predicted molar refractivity (Wildman–Crippen MR) is 168 cm³/mol. The number of nitrogens with zero attached hydrogens (tertiary/aromatic N) is 2. The van der Waals surface area contributed by atoms with E-state index in [1.54, 1.807) is 6.20 Å². The van der Waals surface area contributed by atoms with Crippen molar-refractivity contribution in [3.63, 3.8) is 0 Å². The van der Waals surface area contributed by atoms with Gasteiger partial charge in [-0.1, -0.05) is 6.92 Å². The minimum absolute atomic E-state index is 0. The molecule has 1 saturated heterocycles. The Bertz CT molecular complexity index is 1580. The van der Waals surface area contributed by atoms with Gasteiger partial charge in [0.05, 0.1) is 4.90 Å². The molecule has 1 amide bonds. The minimum Gasteiger partial charge on any atom is -0.487 e. The number of nitrogens with one attached hydrogen (secondary N) is 1. The summed E-state index contributed by atoms with van der Waals surface area (Å²) >= 11 is 1.51. The number of carbonyl (C=O) groups excluding carboxylic acids is 1. The van der Waals surface area contributed by atoms with Gasteiger partial charge in [-0.2, -0.15) is 4.72 Å². The number of hydrogen-bond donors (Lipinski definition) is 2. The van der Waals surface area contributed by atoms with Crippen LogP contribution >= 0.6 is 23.7 Å². The van der Waals surface area contributed by atoms with Crippen molar-refractivity contribution >= 4 is 55.6 Å². The number of nitrogens with two attached hydrogens (primary N) is 1. The van der Waals surface area contributed by atoms with Crippen LogP contribution in [0.4, 0.5) is 5.82 Å². The second-order valence-electron chi connectivity index (χ2n) is 12.1. The molecule has 224 valence electrons. The lowest BCUT2D eigenvalue weighted by Gasteiger charge is -2.36. The number of amides is 1. The van der Waals surface area contributed by atoms with Crippen molar-refractivity contribution in [3.05, 3.63) is 45.5 Å². The highest BCUT2D eigenvalue weighted by molar-refractivity contribution is 7.89. The Kier molecular flexibility index (Phi) is 9.00. The average Bonchev–Trinajstić information content (AvgIpc) is 3.30. The minimum atomic E-state index is -4.04. The van der Waals surface area contributed by atoms with Crippen LogP contribution in [0.5, 0.6) is 5.75 Å². The fourth-order valence-electron chi connectivity index (χ4n) is 5.96. The van der Waals surface area contributed by atoms with Crippen LogP contribution in [0.3, 0.4) is 0 Å². The van der Waals surface area contributed by atoms with E-state index in [2.05, 4.69) is 30.5 Å². The van der Waals surface area contributed by atoms with Crippen LogP contribution in [0.1, 0.15) is 67.2 Å². The molecule has 2 aromatic heterocycles. The zero-order valence-corrected chi connectivity index (χ0v) is 27.1. The fraction of sp³-hybridized carbons (Fsp3) is 0.533. The third-order valence-electron chi connectivity index (χ3n) is 8.56. The van der Waals surface area contributed by atoms with E-state index in [0.29, 0.717) is 36.0 Å². The summed E-state index contributed by atoms with van der Waals surface area (Å²) in [5.41, 5.74) is 8.89. The van der Waals surface area contributed by atoms with Gasteiger partial charge in [-0.15, -0.1) is 23.7 Å². The van der Waals surface area contributed by atoms with Crippen molar-refractivity contribution in [1.29, 1.82) is 0 Å². The summed E-state index contributed by atoms with van der Waals surface area (Å²) in [6.45, 7) is 13.2. The van der Waals surface area contributed by atoms with E-state index in [-0.39, 0.29) is 35.2 Å². The lowest BCUT2D eigenvalue weighted by atomic mass is 9.88. The van der Waals surface area contributed by atoms with E-state index in [1.807, 2.05) is 37.8 Å². The Morgan fingerprint density at radius 3 is 2.56 bits per heavy atom. The summed E-state index contributed by atoms with van der Waals surface area (Å²) in [7, 11) is -4.04. The molecule has 1 aromatic carbocycles. The Morgan fingerprint density at radius 1 is 1.22 bits per heavy atom. The van der Waals surface area contributed by atoms with Gasteiger partial charge in [0.1, 0.15) is 23.2 Å². The molecule has 2 aliphatic rings. The SMILES string of the molecule is Cc1c(C)c(S(=O)(=O)NC(Cc2cc3c(N)nccc3s2)C(=O)N2CCC(C)CC2)c(C)c2c1OC(C)(C)CC2.Cl. The number of fused-ring (bicyclic) bond motifs is 2.